The van der Waals surface area contributed by atoms with E-state index in [9.17, 15) is 0 Å². The van der Waals surface area contributed by atoms with Crippen LogP contribution in [0.25, 0.3) is 0 Å². The number of benzene rings is 1. The van der Waals surface area contributed by atoms with Crippen molar-refractivity contribution >= 4 is 33.7 Å². The van der Waals surface area contributed by atoms with Gasteiger partial charge in [0.05, 0.1) is 0 Å². The SMILES string of the molecule is C=CC(CC(=S)Oc1ccccc1)N1[Si](C)(C)CC[Si]1(C)C. The van der Waals surface area contributed by atoms with Crippen LogP contribution in [0.2, 0.25) is 38.3 Å². The van der Waals surface area contributed by atoms with Gasteiger partial charge in [0.25, 0.3) is 0 Å². The molecule has 1 aromatic rings. The number of hydrogen-bond acceptors (Lipinski definition) is 3. The number of para-hydroxylation sites is 1. The fourth-order valence-electron chi connectivity index (χ4n) is 3.68. The zero-order valence-electron chi connectivity index (χ0n) is 14.1. The molecule has 0 spiro atoms. The maximum absolute atomic E-state index is 5.83. The van der Waals surface area contributed by atoms with Gasteiger partial charge in [0.2, 0.25) is 0 Å². The minimum absolute atomic E-state index is 0.321. The summed E-state index contributed by atoms with van der Waals surface area (Å²) in [5, 5.41) is 0.664. The van der Waals surface area contributed by atoms with Crippen LogP contribution >= 0.6 is 12.2 Å². The molecule has 120 valence electrons. The molecule has 0 saturated carbocycles. The standard InChI is InChI=1S/C17H27NOSSi2/c1-6-15(18-21(2,3)12-13-22(18,4)5)14-17(20)19-16-10-8-7-9-11-16/h6-11,15H,1,12-14H2,2-5H3. The van der Waals surface area contributed by atoms with Gasteiger partial charge in [-0.15, -0.1) is 6.58 Å². The molecule has 1 aliphatic rings. The molecule has 0 amide bonds. The maximum atomic E-state index is 5.83. The molecule has 0 N–H and O–H groups in total. The molecule has 5 heteroatoms. The van der Waals surface area contributed by atoms with Gasteiger partial charge >= 0.3 is 0 Å². The second kappa shape index (κ2) is 6.78. The maximum Gasteiger partial charge on any atom is 0.169 e. The average molecular weight is 350 g/mol. The van der Waals surface area contributed by atoms with Gasteiger partial charge in [-0.05, 0) is 36.4 Å². The smallest absolute Gasteiger partial charge is 0.169 e. The van der Waals surface area contributed by atoms with Gasteiger partial charge in [0, 0.05) is 12.5 Å². The molecule has 0 aliphatic carbocycles. The van der Waals surface area contributed by atoms with E-state index in [1.54, 1.807) is 0 Å². The Hall–Kier alpha value is -0.756. The third-order valence-electron chi connectivity index (χ3n) is 4.61. The van der Waals surface area contributed by atoms with Gasteiger partial charge in [0.15, 0.2) is 5.05 Å². The molecule has 0 aromatic heterocycles. The molecule has 1 aromatic carbocycles. The summed E-state index contributed by atoms with van der Waals surface area (Å²) in [6.45, 7) is 14.0. The fourth-order valence-corrected chi connectivity index (χ4v) is 18.7. The van der Waals surface area contributed by atoms with Crippen molar-refractivity contribution in [2.75, 3.05) is 0 Å². The Kier molecular flexibility index (Phi) is 5.43. The van der Waals surface area contributed by atoms with Crippen molar-refractivity contribution in [3.63, 3.8) is 0 Å². The molecule has 22 heavy (non-hydrogen) atoms. The molecule has 2 nitrogen and oxygen atoms in total. The third kappa shape index (κ3) is 3.95. The zero-order valence-corrected chi connectivity index (χ0v) is 17.0. The van der Waals surface area contributed by atoms with E-state index in [-0.39, 0.29) is 0 Å². The minimum Gasteiger partial charge on any atom is -0.450 e. The van der Waals surface area contributed by atoms with Gasteiger partial charge in [-0.25, -0.2) is 0 Å². The Morgan fingerprint density at radius 1 is 1.23 bits per heavy atom. The molecule has 0 radical (unpaired) electrons. The van der Waals surface area contributed by atoms with Crippen LogP contribution in [0.1, 0.15) is 6.42 Å². The highest BCUT2D eigenvalue weighted by Crippen LogP contribution is 2.39. The highest BCUT2D eigenvalue weighted by atomic mass is 32.1. The molecular formula is C17H27NOSSi2. The fraction of sp³-hybridized carbons (Fsp3) is 0.471. The second-order valence-electron chi connectivity index (χ2n) is 7.29. The third-order valence-corrected chi connectivity index (χ3v) is 15.2. The molecule has 1 heterocycles. The lowest BCUT2D eigenvalue weighted by molar-refractivity contribution is 0.488. The van der Waals surface area contributed by atoms with E-state index in [0.717, 1.165) is 12.2 Å². The molecule has 2 rings (SSSR count). The van der Waals surface area contributed by atoms with E-state index in [4.69, 9.17) is 17.0 Å². The van der Waals surface area contributed by atoms with Crippen LogP contribution in [0.3, 0.4) is 0 Å². The summed E-state index contributed by atoms with van der Waals surface area (Å²) in [6, 6.07) is 12.9. The highest BCUT2D eigenvalue weighted by Gasteiger charge is 2.49. The second-order valence-corrected chi connectivity index (χ2v) is 17.4. The van der Waals surface area contributed by atoms with Crippen LogP contribution in [0, 0.1) is 0 Å². The molecular weight excluding hydrogens is 322 g/mol. The highest BCUT2D eigenvalue weighted by molar-refractivity contribution is 7.80. The molecule has 1 atom stereocenters. The predicted octanol–water partition coefficient (Wildman–Crippen LogP) is 5.06. The normalized spacial score (nSPS) is 21.3. The van der Waals surface area contributed by atoms with Crippen LogP contribution in [0.15, 0.2) is 43.0 Å². The molecule has 1 unspecified atom stereocenters. The van der Waals surface area contributed by atoms with E-state index in [0.29, 0.717) is 11.1 Å². The predicted molar refractivity (Wildman–Crippen MR) is 105 cm³/mol. The Morgan fingerprint density at radius 2 is 1.77 bits per heavy atom. The zero-order chi connectivity index (χ0) is 16.4. The average Bonchev–Trinajstić information content (AvgIpc) is 2.67. The Morgan fingerprint density at radius 3 is 2.27 bits per heavy atom. The van der Waals surface area contributed by atoms with Crippen molar-refractivity contribution in [2.45, 2.75) is 50.7 Å². The topological polar surface area (TPSA) is 12.5 Å². The first-order valence-corrected chi connectivity index (χ1v) is 14.7. The van der Waals surface area contributed by atoms with Crippen LogP contribution in [0.4, 0.5) is 0 Å². The number of rotatable bonds is 5. The quantitative estimate of drug-likeness (QED) is 0.419. The summed E-state index contributed by atoms with van der Waals surface area (Å²) in [5.74, 6) is 0.824. The van der Waals surface area contributed by atoms with Gasteiger partial charge < -0.3 is 8.97 Å². The van der Waals surface area contributed by atoms with Crippen LogP contribution < -0.4 is 4.74 Å². The first-order chi connectivity index (χ1) is 10.3. The monoisotopic (exact) mass is 349 g/mol. The largest absolute Gasteiger partial charge is 0.450 e. The van der Waals surface area contributed by atoms with E-state index >= 15 is 0 Å². The summed E-state index contributed by atoms with van der Waals surface area (Å²) in [4.78, 5) is 0. The minimum atomic E-state index is -1.34. The number of nitrogens with zero attached hydrogens (tertiary/aromatic N) is 1. The van der Waals surface area contributed by atoms with Crippen molar-refractivity contribution in [1.82, 2.24) is 4.23 Å². The van der Waals surface area contributed by atoms with Gasteiger partial charge in [-0.3, -0.25) is 0 Å². The number of thiocarbonyl (C=S) groups is 1. The lowest BCUT2D eigenvalue weighted by Gasteiger charge is -2.43. The van der Waals surface area contributed by atoms with Gasteiger partial charge in [-0.2, -0.15) is 0 Å². The molecule has 0 bridgehead atoms. The lowest BCUT2D eigenvalue weighted by Crippen LogP contribution is -2.59. The van der Waals surface area contributed by atoms with Crippen molar-refractivity contribution in [1.29, 1.82) is 0 Å². The van der Waals surface area contributed by atoms with Crippen molar-refractivity contribution in [3.05, 3.63) is 43.0 Å². The summed E-state index contributed by atoms with van der Waals surface area (Å²) in [7, 11) is -2.68. The number of hydrogen-bond donors (Lipinski definition) is 0. The summed E-state index contributed by atoms with van der Waals surface area (Å²) < 4.78 is 8.66. The summed E-state index contributed by atoms with van der Waals surface area (Å²) in [6.07, 6.45) is 2.84. The van der Waals surface area contributed by atoms with Gasteiger partial charge in [0.1, 0.15) is 22.2 Å². The Labute approximate surface area is 142 Å². The van der Waals surface area contributed by atoms with E-state index < -0.39 is 16.5 Å². The van der Waals surface area contributed by atoms with Crippen molar-refractivity contribution < 1.29 is 4.74 Å². The summed E-state index contributed by atoms with van der Waals surface area (Å²) >= 11 is 5.50. The van der Waals surface area contributed by atoms with Crippen molar-refractivity contribution in [3.8, 4) is 5.75 Å². The van der Waals surface area contributed by atoms with E-state index in [1.807, 2.05) is 30.3 Å². The van der Waals surface area contributed by atoms with Crippen molar-refractivity contribution in [2.24, 2.45) is 0 Å². The Bertz CT molecular complexity index is 529. The first-order valence-electron chi connectivity index (χ1n) is 7.94. The van der Waals surface area contributed by atoms with Crippen LogP contribution in [0.5, 0.6) is 5.75 Å². The van der Waals surface area contributed by atoms with Crippen LogP contribution in [-0.4, -0.2) is 31.8 Å². The lowest BCUT2D eigenvalue weighted by atomic mass is 10.2. The molecule has 1 aliphatic heterocycles. The van der Waals surface area contributed by atoms with E-state index in [2.05, 4.69) is 43.1 Å². The molecule has 1 fully saturated rings. The first kappa shape index (κ1) is 17.6. The van der Waals surface area contributed by atoms with Gasteiger partial charge in [-0.1, -0.05) is 50.5 Å². The number of ether oxygens (including phenoxy) is 1. The van der Waals surface area contributed by atoms with Crippen LogP contribution in [-0.2, 0) is 0 Å². The van der Waals surface area contributed by atoms with E-state index in [1.165, 1.54) is 12.1 Å². The molecule has 1 saturated heterocycles. The summed E-state index contributed by atoms with van der Waals surface area (Å²) in [5.41, 5.74) is 0. The Balaban J connectivity index is 2.09.